The molecule has 5 rings (SSSR count). The van der Waals surface area contributed by atoms with Crippen LogP contribution in [0, 0.1) is 5.92 Å². The maximum absolute atomic E-state index is 12.2. The Morgan fingerprint density at radius 1 is 1.14 bits per heavy atom. The third-order valence-electron chi connectivity index (χ3n) is 6.53. The highest BCUT2D eigenvalue weighted by Crippen LogP contribution is 2.34. The zero-order valence-corrected chi connectivity index (χ0v) is 17.3. The van der Waals surface area contributed by atoms with E-state index in [0.717, 1.165) is 25.4 Å². The summed E-state index contributed by atoms with van der Waals surface area (Å²) in [4.78, 5) is 14.8. The third-order valence-corrected chi connectivity index (χ3v) is 6.78. The van der Waals surface area contributed by atoms with E-state index in [1.54, 1.807) is 35.4 Å². The topological polar surface area (TPSA) is 41.6 Å². The van der Waals surface area contributed by atoms with Crippen molar-refractivity contribution in [3.63, 3.8) is 0 Å². The van der Waals surface area contributed by atoms with Crippen molar-refractivity contribution in [2.75, 3.05) is 19.7 Å². The predicted molar refractivity (Wildman–Crippen MR) is 115 cm³/mol. The minimum atomic E-state index is -0.0507. The van der Waals surface area contributed by atoms with Crippen LogP contribution in [0.4, 0.5) is 0 Å². The van der Waals surface area contributed by atoms with Crippen molar-refractivity contribution in [2.45, 2.75) is 44.2 Å². The Labute approximate surface area is 177 Å². The average Bonchev–Trinajstić information content (AvgIpc) is 3.29. The number of amides is 1. The fraction of sp³-hybridized carbons (Fsp3) is 0.458. The highest BCUT2D eigenvalue weighted by Gasteiger charge is 2.44. The van der Waals surface area contributed by atoms with E-state index in [0.29, 0.717) is 16.8 Å². The van der Waals surface area contributed by atoms with Crippen LogP contribution in [0.1, 0.15) is 29.5 Å². The van der Waals surface area contributed by atoms with Gasteiger partial charge in [-0.25, -0.2) is 0 Å². The highest BCUT2D eigenvalue weighted by atomic mass is 35.5. The molecule has 2 aromatic carbocycles. The largest absolute Gasteiger partial charge is 0.484 e. The van der Waals surface area contributed by atoms with E-state index < -0.39 is 0 Å². The van der Waals surface area contributed by atoms with E-state index in [9.17, 15) is 4.79 Å². The lowest BCUT2D eigenvalue weighted by molar-refractivity contribution is -0.123. The number of hydrogen-bond acceptors (Lipinski definition) is 3. The molecule has 0 bridgehead atoms. The number of carbonyl (C=O) groups excluding carboxylic acids is 1. The Kier molecular flexibility index (Phi) is 5.23. The van der Waals surface area contributed by atoms with Crippen LogP contribution >= 0.6 is 11.6 Å². The van der Waals surface area contributed by atoms with Gasteiger partial charge in [0.2, 0.25) is 0 Å². The minimum absolute atomic E-state index is 0.0474. The van der Waals surface area contributed by atoms with Gasteiger partial charge >= 0.3 is 0 Å². The molecule has 5 heteroatoms. The van der Waals surface area contributed by atoms with Crippen LogP contribution in [0.2, 0.25) is 5.02 Å². The Hall–Kier alpha value is -2.04. The van der Waals surface area contributed by atoms with Crippen molar-refractivity contribution in [1.29, 1.82) is 0 Å². The monoisotopic (exact) mass is 410 g/mol. The number of nitrogens with zero attached hydrogens (tertiary/aromatic N) is 1. The molecule has 2 aromatic rings. The second-order valence-corrected chi connectivity index (χ2v) is 9.11. The summed E-state index contributed by atoms with van der Waals surface area (Å²) >= 11 is 5.86. The number of hydrogen-bond donors (Lipinski definition) is 1. The van der Waals surface area contributed by atoms with E-state index in [1.807, 2.05) is 0 Å². The third kappa shape index (κ3) is 4.44. The summed E-state index contributed by atoms with van der Waals surface area (Å²) in [6.45, 7) is 2.34. The molecule has 4 nitrogen and oxygen atoms in total. The zero-order valence-electron chi connectivity index (χ0n) is 16.6. The fourth-order valence-electron chi connectivity index (χ4n) is 4.71. The summed E-state index contributed by atoms with van der Waals surface area (Å²) in [5, 5.41) is 3.78. The van der Waals surface area contributed by atoms with Crippen LogP contribution in [0.5, 0.6) is 5.75 Å². The van der Waals surface area contributed by atoms with Crippen LogP contribution in [0.3, 0.4) is 0 Å². The second kappa shape index (κ2) is 8.00. The van der Waals surface area contributed by atoms with Crippen molar-refractivity contribution in [1.82, 2.24) is 10.2 Å². The lowest BCUT2D eigenvalue weighted by Crippen LogP contribution is -2.36. The molecule has 3 atom stereocenters. The molecule has 1 saturated carbocycles. The molecule has 152 valence electrons. The molecule has 0 radical (unpaired) electrons. The molecule has 29 heavy (non-hydrogen) atoms. The van der Waals surface area contributed by atoms with Crippen LogP contribution in [0.15, 0.2) is 42.5 Å². The zero-order chi connectivity index (χ0) is 19.8. The van der Waals surface area contributed by atoms with Gasteiger partial charge in [0.25, 0.3) is 5.91 Å². The molecule has 1 heterocycles. The maximum atomic E-state index is 12.2. The lowest BCUT2D eigenvalue weighted by atomic mass is 9.85. The van der Waals surface area contributed by atoms with Gasteiger partial charge in [0.1, 0.15) is 5.75 Å². The van der Waals surface area contributed by atoms with Crippen molar-refractivity contribution >= 4 is 17.5 Å². The van der Waals surface area contributed by atoms with Gasteiger partial charge in [-0.15, -0.1) is 0 Å². The van der Waals surface area contributed by atoms with Crippen LogP contribution in [0.25, 0.3) is 0 Å². The number of aryl methyl sites for hydroxylation is 2. The van der Waals surface area contributed by atoms with Gasteiger partial charge in [0.05, 0.1) is 0 Å². The molecule has 3 unspecified atom stereocenters. The molecule has 3 aliphatic rings. The summed E-state index contributed by atoms with van der Waals surface area (Å²) in [6.07, 6.45) is 6.01. The number of fused-ring (bicyclic) bond motifs is 1. The maximum Gasteiger partial charge on any atom is 0.258 e. The number of nitrogens with one attached hydrogen (secondary N) is 1. The number of halogens is 1. The Balaban J connectivity index is 1.04. The van der Waals surface area contributed by atoms with Gasteiger partial charge < -0.3 is 10.1 Å². The Bertz CT molecular complexity index is 898. The van der Waals surface area contributed by atoms with Crippen molar-refractivity contribution in [2.24, 2.45) is 5.92 Å². The molecular weight excluding hydrogens is 384 g/mol. The Morgan fingerprint density at radius 3 is 2.72 bits per heavy atom. The smallest absolute Gasteiger partial charge is 0.258 e. The average molecular weight is 411 g/mol. The van der Waals surface area contributed by atoms with Crippen LogP contribution in [-0.2, 0) is 24.1 Å². The van der Waals surface area contributed by atoms with E-state index in [1.165, 1.54) is 31.2 Å². The molecule has 1 saturated heterocycles. The molecule has 2 aliphatic carbocycles. The second-order valence-electron chi connectivity index (χ2n) is 8.68. The molecule has 0 spiro atoms. The van der Waals surface area contributed by atoms with Crippen LogP contribution < -0.4 is 10.1 Å². The molecule has 0 aromatic heterocycles. The van der Waals surface area contributed by atoms with Gasteiger partial charge in [0, 0.05) is 23.7 Å². The summed E-state index contributed by atoms with van der Waals surface area (Å²) in [5.74, 6) is 1.35. The number of benzene rings is 2. The number of likely N-dealkylation sites (tertiary alicyclic amines) is 1. The number of ether oxygens (including phenoxy) is 1. The molecule has 2 fully saturated rings. The van der Waals surface area contributed by atoms with Gasteiger partial charge in [-0.3, -0.25) is 9.69 Å². The SMILES string of the molecule is O=C(COc1ccc(Cl)cc1)NC1CC1N1CCC(Cc2ccc3c(c2)CC3)C1. The van der Waals surface area contributed by atoms with Crippen molar-refractivity contribution < 1.29 is 9.53 Å². The predicted octanol–water partition coefficient (Wildman–Crippen LogP) is 3.64. The molecule has 1 aliphatic heterocycles. The standard InChI is InChI=1S/C24H27ClN2O2/c25-20-5-7-21(8-6-20)29-15-24(28)26-22-13-23(22)27-10-9-17(14-27)11-16-1-2-18-3-4-19(18)12-16/h1-2,5-8,12,17,22-23H,3-4,9-11,13-15H2,(H,26,28). The minimum Gasteiger partial charge on any atom is -0.484 e. The first kappa shape index (κ1) is 19.0. The van der Waals surface area contributed by atoms with Crippen LogP contribution in [-0.4, -0.2) is 42.6 Å². The molecular formula is C24H27ClN2O2. The lowest BCUT2D eigenvalue weighted by Gasteiger charge is -2.20. The summed E-state index contributed by atoms with van der Waals surface area (Å²) < 4.78 is 5.53. The van der Waals surface area contributed by atoms with Gasteiger partial charge in [-0.1, -0.05) is 29.8 Å². The van der Waals surface area contributed by atoms with Crippen molar-refractivity contribution in [3.8, 4) is 5.75 Å². The van der Waals surface area contributed by atoms with Gasteiger partial charge in [-0.2, -0.15) is 0 Å². The van der Waals surface area contributed by atoms with E-state index in [-0.39, 0.29) is 18.6 Å². The fourth-order valence-corrected chi connectivity index (χ4v) is 4.83. The Morgan fingerprint density at radius 2 is 1.97 bits per heavy atom. The first-order valence-electron chi connectivity index (χ1n) is 10.7. The molecule has 1 amide bonds. The van der Waals surface area contributed by atoms with Gasteiger partial charge in [-0.05, 0) is 85.5 Å². The summed E-state index contributed by atoms with van der Waals surface area (Å²) in [6, 6.07) is 14.9. The quantitative estimate of drug-likeness (QED) is 0.757. The molecule has 1 N–H and O–H groups in total. The number of rotatable bonds is 7. The van der Waals surface area contributed by atoms with E-state index in [4.69, 9.17) is 16.3 Å². The van der Waals surface area contributed by atoms with Gasteiger partial charge in [0.15, 0.2) is 6.61 Å². The van der Waals surface area contributed by atoms with E-state index in [2.05, 4.69) is 28.4 Å². The first-order valence-corrected chi connectivity index (χ1v) is 11.0. The normalized spacial score (nSPS) is 25.2. The summed E-state index contributed by atoms with van der Waals surface area (Å²) in [5.41, 5.74) is 4.59. The first-order chi connectivity index (χ1) is 14.1. The highest BCUT2D eigenvalue weighted by molar-refractivity contribution is 6.30. The van der Waals surface area contributed by atoms with E-state index >= 15 is 0 Å². The number of carbonyl (C=O) groups is 1. The summed E-state index contributed by atoms with van der Waals surface area (Å²) in [7, 11) is 0. The van der Waals surface area contributed by atoms with Crippen molar-refractivity contribution in [3.05, 3.63) is 64.2 Å².